The predicted octanol–water partition coefficient (Wildman–Crippen LogP) is 6.47. The minimum Gasteiger partial charge on any atom is -0.496 e. The van der Waals surface area contributed by atoms with Crippen LogP contribution in [0.5, 0.6) is 11.5 Å². The molecule has 0 fully saturated rings. The first kappa shape index (κ1) is 18.0. The Labute approximate surface area is 162 Å². The predicted molar refractivity (Wildman–Crippen MR) is 108 cm³/mol. The van der Waals surface area contributed by atoms with Gasteiger partial charge in [0.05, 0.1) is 25.3 Å². The van der Waals surface area contributed by atoms with Gasteiger partial charge in [0.15, 0.2) is 0 Å². The normalized spacial score (nSPS) is 10.9. The van der Waals surface area contributed by atoms with Gasteiger partial charge in [0.1, 0.15) is 23.1 Å². The van der Waals surface area contributed by atoms with Gasteiger partial charge >= 0.3 is 0 Å². The third kappa shape index (κ3) is 2.87. The second-order valence-corrected chi connectivity index (χ2v) is 6.35. The van der Waals surface area contributed by atoms with Crippen LogP contribution in [0.3, 0.4) is 0 Å². The summed E-state index contributed by atoms with van der Waals surface area (Å²) in [6.07, 6.45) is 0. The molecule has 0 radical (unpaired) electrons. The molecule has 4 heteroatoms. The zero-order valence-electron chi connectivity index (χ0n) is 15.5. The highest BCUT2D eigenvalue weighted by Crippen LogP contribution is 2.47. The van der Waals surface area contributed by atoms with Crippen LogP contribution in [0.1, 0.15) is 0 Å². The average molecular weight is 376 g/mol. The molecule has 0 saturated carbocycles. The van der Waals surface area contributed by atoms with Gasteiger partial charge in [-0.1, -0.05) is 60.7 Å². The molecule has 0 heterocycles. The van der Waals surface area contributed by atoms with E-state index in [2.05, 4.69) is 0 Å². The number of hydrogen-bond donors (Lipinski definition) is 0. The van der Waals surface area contributed by atoms with Crippen molar-refractivity contribution in [1.29, 1.82) is 0 Å². The molecule has 0 spiro atoms. The molecule has 0 N–H and O–H groups in total. The minimum absolute atomic E-state index is 0.137. The van der Waals surface area contributed by atoms with Crippen molar-refractivity contribution < 1.29 is 18.3 Å². The molecule has 0 aliphatic rings. The van der Waals surface area contributed by atoms with Gasteiger partial charge in [0, 0.05) is 11.6 Å². The average Bonchev–Trinajstić information content (AvgIpc) is 2.73. The molecular weight excluding hydrogens is 358 g/mol. The zero-order valence-corrected chi connectivity index (χ0v) is 15.5. The third-order valence-corrected chi connectivity index (χ3v) is 4.81. The molecule has 2 nitrogen and oxygen atoms in total. The van der Waals surface area contributed by atoms with Gasteiger partial charge in [-0.25, -0.2) is 8.78 Å². The quantitative estimate of drug-likeness (QED) is 0.406. The molecule has 0 aliphatic heterocycles. The molecule has 0 unspecified atom stereocenters. The molecular formula is C24H18F2O2. The Morgan fingerprint density at radius 2 is 1.32 bits per heavy atom. The lowest BCUT2D eigenvalue weighted by atomic mass is 9.92. The molecule has 4 aromatic rings. The summed E-state index contributed by atoms with van der Waals surface area (Å²) in [5.74, 6) is -0.757. The van der Waals surface area contributed by atoms with Crippen molar-refractivity contribution in [2.75, 3.05) is 14.2 Å². The van der Waals surface area contributed by atoms with Gasteiger partial charge in [-0.05, 0) is 22.4 Å². The molecule has 0 atom stereocenters. The van der Waals surface area contributed by atoms with Crippen molar-refractivity contribution in [1.82, 2.24) is 0 Å². The molecule has 0 aliphatic carbocycles. The number of benzene rings is 4. The largest absolute Gasteiger partial charge is 0.496 e. The summed E-state index contributed by atoms with van der Waals surface area (Å²) in [4.78, 5) is 0. The Hall–Kier alpha value is -3.40. The van der Waals surface area contributed by atoms with E-state index >= 15 is 4.39 Å². The standard InChI is InChI=1S/C24H18F2O2/c1-27-20-13-12-15-8-6-7-11-17(15)22(20)23-19(26)14-18(25)21(24(23)28-2)16-9-4-3-5-10-16/h3-14H,1-2H3. The van der Waals surface area contributed by atoms with Crippen LogP contribution in [0.15, 0.2) is 72.8 Å². The van der Waals surface area contributed by atoms with Gasteiger partial charge in [-0.3, -0.25) is 0 Å². The van der Waals surface area contributed by atoms with Crippen LogP contribution in [-0.4, -0.2) is 14.2 Å². The lowest BCUT2D eigenvalue weighted by Crippen LogP contribution is -2.00. The summed E-state index contributed by atoms with van der Waals surface area (Å²) in [5.41, 5.74) is 1.54. The van der Waals surface area contributed by atoms with E-state index in [0.29, 0.717) is 16.9 Å². The third-order valence-electron chi connectivity index (χ3n) is 4.81. The van der Waals surface area contributed by atoms with E-state index in [1.807, 2.05) is 36.4 Å². The fourth-order valence-corrected chi connectivity index (χ4v) is 3.59. The fourth-order valence-electron chi connectivity index (χ4n) is 3.59. The molecule has 4 rings (SSSR count). The van der Waals surface area contributed by atoms with Crippen LogP contribution in [0.4, 0.5) is 8.78 Å². The Morgan fingerprint density at radius 3 is 2.04 bits per heavy atom. The van der Waals surface area contributed by atoms with Crippen molar-refractivity contribution in [3.05, 3.63) is 84.4 Å². The molecule has 0 aromatic heterocycles. The highest BCUT2D eigenvalue weighted by molar-refractivity contribution is 6.02. The Balaban J connectivity index is 2.14. The molecule has 0 amide bonds. The second kappa shape index (κ2) is 7.31. The van der Waals surface area contributed by atoms with Gasteiger partial charge in [-0.15, -0.1) is 0 Å². The minimum atomic E-state index is -0.705. The van der Waals surface area contributed by atoms with Crippen molar-refractivity contribution >= 4 is 10.8 Å². The number of rotatable bonds is 4. The second-order valence-electron chi connectivity index (χ2n) is 6.35. The van der Waals surface area contributed by atoms with Crippen LogP contribution in [0.25, 0.3) is 33.0 Å². The lowest BCUT2D eigenvalue weighted by molar-refractivity contribution is 0.406. The van der Waals surface area contributed by atoms with Gasteiger partial charge in [-0.2, -0.15) is 0 Å². The lowest BCUT2D eigenvalue weighted by Gasteiger charge is -2.19. The molecule has 28 heavy (non-hydrogen) atoms. The number of ether oxygens (including phenoxy) is 2. The molecule has 140 valence electrons. The summed E-state index contributed by atoms with van der Waals surface area (Å²) in [5, 5.41) is 1.72. The summed E-state index contributed by atoms with van der Waals surface area (Å²) in [6.45, 7) is 0. The number of hydrogen-bond acceptors (Lipinski definition) is 2. The summed E-state index contributed by atoms with van der Waals surface area (Å²) in [6, 6.07) is 21.2. The van der Waals surface area contributed by atoms with E-state index in [9.17, 15) is 4.39 Å². The van der Waals surface area contributed by atoms with E-state index in [1.165, 1.54) is 14.2 Å². The number of methoxy groups -OCH3 is 2. The maximum Gasteiger partial charge on any atom is 0.140 e. The van der Waals surface area contributed by atoms with Gasteiger partial charge < -0.3 is 9.47 Å². The van der Waals surface area contributed by atoms with Crippen LogP contribution in [0, 0.1) is 11.6 Å². The maximum atomic E-state index is 15.1. The highest BCUT2D eigenvalue weighted by atomic mass is 19.1. The van der Waals surface area contributed by atoms with Crippen LogP contribution in [-0.2, 0) is 0 Å². The van der Waals surface area contributed by atoms with E-state index in [0.717, 1.165) is 16.8 Å². The zero-order chi connectivity index (χ0) is 19.7. The van der Waals surface area contributed by atoms with Gasteiger partial charge in [0.2, 0.25) is 0 Å². The summed E-state index contributed by atoms with van der Waals surface area (Å²) >= 11 is 0. The first-order valence-corrected chi connectivity index (χ1v) is 8.83. The van der Waals surface area contributed by atoms with Crippen molar-refractivity contribution in [2.45, 2.75) is 0 Å². The van der Waals surface area contributed by atoms with E-state index < -0.39 is 11.6 Å². The van der Waals surface area contributed by atoms with E-state index in [1.54, 1.807) is 30.3 Å². The molecule has 0 saturated heterocycles. The SMILES string of the molecule is COc1ccc2ccccc2c1-c1c(F)cc(F)c(-c2ccccc2)c1OC. The Bertz CT molecular complexity index is 1150. The smallest absolute Gasteiger partial charge is 0.140 e. The molecule has 4 aromatic carbocycles. The van der Waals surface area contributed by atoms with Crippen molar-refractivity contribution in [3.63, 3.8) is 0 Å². The first-order chi connectivity index (χ1) is 13.7. The van der Waals surface area contributed by atoms with E-state index in [-0.39, 0.29) is 16.9 Å². The first-order valence-electron chi connectivity index (χ1n) is 8.83. The summed E-state index contributed by atoms with van der Waals surface area (Å²) < 4.78 is 41.1. The van der Waals surface area contributed by atoms with Crippen molar-refractivity contribution in [3.8, 4) is 33.8 Å². The highest BCUT2D eigenvalue weighted by Gasteiger charge is 2.25. The maximum absolute atomic E-state index is 15.1. The van der Waals surface area contributed by atoms with Crippen LogP contribution >= 0.6 is 0 Å². The fraction of sp³-hybridized carbons (Fsp3) is 0.0833. The Morgan fingerprint density at radius 1 is 0.643 bits per heavy atom. The van der Waals surface area contributed by atoms with Crippen LogP contribution < -0.4 is 9.47 Å². The monoisotopic (exact) mass is 376 g/mol. The topological polar surface area (TPSA) is 18.5 Å². The van der Waals surface area contributed by atoms with Crippen molar-refractivity contribution in [2.24, 2.45) is 0 Å². The van der Waals surface area contributed by atoms with Crippen LogP contribution in [0.2, 0.25) is 0 Å². The summed E-state index contributed by atoms with van der Waals surface area (Å²) in [7, 11) is 2.95. The molecule has 0 bridgehead atoms. The van der Waals surface area contributed by atoms with E-state index in [4.69, 9.17) is 9.47 Å². The number of halogens is 2. The Kier molecular flexibility index (Phi) is 4.70. The van der Waals surface area contributed by atoms with Gasteiger partial charge in [0.25, 0.3) is 0 Å². The number of fused-ring (bicyclic) bond motifs is 1.